The van der Waals surface area contributed by atoms with E-state index < -0.39 is 23.0 Å². The van der Waals surface area contributed by atoms with Crippen LogP contribution >= 0.6 is 0 Å². The molecule has 0 unspecified atom stereocenters. The summed E-state index contributed by atoms with van der Waals surface area (Å²) in [6, 6.07) is 11.4. The standard InChI is InChI=1S/C24H24NO5/c1-23(2)12-14(13-24(3,4)25(23)29)22(28)30-18-11-7-10-17-19(18)21(27)16-9-6-5-8-15(16)20(17)26/h5-11,14H,12-13H2,1-4H3. The Bertz CT molecular complexity index is 1050. The highest BCUT2D eigenvalue weighted by molar-refractivity contribution is 6.29. The fourth-order valence-electron chi connectivity index (χ4n) is 4.82. The van der Waals surface area contributed by atoms with Gasteiger partial charge in [-0.25, -0.2) is 0 Å². The summed E-state index contributed by atoms with van der Waals surface area (Å²) in [5.74, 6) is -1.49. The van der Waals surface area contributed by atoms with E-state index in [1.165, 1.54) is 6.07 Å². The third kappa shape index (κ3) is 3.16. The largest absolute Gasteiger partial charge is 0.426 e. The Hall–Kier alpha value is -2.83. The maximum Gasteiger partial charge on any atom is 0.314 e. The number of hydrogen-bond acceptors (Lipinski definition) is 5. The molecule has 0 saturated carbocycles. The topological polar surface area (TPSA) is 83.6 Å². The molecule has 4 rings (SSSR count). The number of carbonyl (C=O) groups excluding carboxylic acids is 3. The van der Waals surface area contributed by atoms with Crippen molar-refractivity contribution in [2.24, 2.45) is 5.92 Å². The minimum atomic E-state index is -0.716. The molecule has 1 aliphatic heterocycles. The van der Waals surface area contributed by atoms with E-state index in [9.17, 15) is 19.6 Å². The van der Waals surface area contributed by atoms with Crippen molar-refractivity contribution in [3.05, 3.63) is 64.7 Å². The summed E-state index contributed by atoms with van der Waals surface area (Å²) in [6.45, 7) is 7.24. The van der Waals surface area contributed by atoms with E-state index in [-0.39, 0.29) is 28.4 Å². The van der Waals surface area contributed by atoms with Crippen molar-refractivity contribution in [2.75, 3.05) is 0 Å². The Balaban J connectivity index is 1.67. The fourth-order valence-corrected chi connectivity index (χ4v) is 4.82. The Labute approximate surface area is 175 Å². The number of nitrogens with zero attached hydrogens (tertiary/aromatic N) is 1. The van der Waals surface area contributed by atoms with Crippen LogP contribution in [0.1, 0.15) is 72.4 Å². The number of esters is 1. The predicted octanol–water partition coefficient (Wildman–Crippen LogP) is 3.98. The van der Waals surface area contributed by atoms with Gasteiger partial charge in [0, 0.05) is 27.8 Å². The zero-order chi connectivity index (χ0) is 21.8. The Morgan fingerprint density at radius 2 is 1.40 bits per heavy atom. The van der Waals surface area contributed by atoms with Gasteiger partial charge in [0.1, 0.15) is 5.75 Å². The lowest BCUT2D eigenvalue weighted by Gasteiger charge is -2.49. The molecule has 2 aromatic rings. The summed E-state index contributed by atoms with van der Waals surface area (Å²) in [7, 11) is 0. The predicted molar refractivity (Wildman–Crippen MR) is 109 cm³/mol. The minimum Gasteiger partial charge on any atom is -0.426 e. The highest BCUT2D eigenvalue weighted by Crippen LogP contribution is 2.41. The van der Waals surface area contributed by atoms with E-state index in [2.05, 4.69) is 0 Å². The van der Waals surface area contributed by atoms with Crippen molar-refractivity contribution < 1.29 is 24.3 Å². The highest BCUT2D eigenvalue weighted by atomic mass is 16.5. The van der Waals surface area contributed by atoms with Crippen LogP contribution in [0.4, 0.5) is 0 Å². The Kier molecular flexibility index (Phi) is 4.67. The van der Waals surface area contributed by atoms with Crippen LogP contribution in [-0.4, -0.2) is 33.7 Å². The van der Waals surface area contributed by atoms with Crippen LogP contribution in [0.15, 0.2) is 42.5 Å². The average Bonchev–Trinajstić information content (AvgIpc) is 2.69. The summed E-state index contributed by atoms with van der Waals surface area (Å²) in [4.78, 5) is 39.0. The van der Waals surface area contributed by atoms with Gasteiger partial charge in [-0.15, -0.1) is 10.3 Å². The van der Waals surface area contributed by atoms with E-state index in [0.717, 1.165) is 5.06 Å². The molecule has 2 aromatic carbocycles. The first-order chi connectivity index (χ1) is 14.0. The lowest BCUT2D eigenvalue weighted by atomic mass is 9.75. The average molecular weight is 406 g/mol. The maximum atomic E-state index is 13.1. The van der Waals surface area contributed by atoms with Crippen LogP contribution in [-0.2, 0) is 10.0 Å². The number of ketones is 2. The number of ether oxygens (including phenoxy) is 1. The molecule has 1 radical (unpaired) electrons. The number of fused-ring (bicyclic) bond motifs is 2. The van der Waals surface area contributed by atoms with Gasteiger partial charge in [-0.1, -0.05) is 36.4 Å². The van der Waals surface area contributed by atoms with Crippen LogP contribution in [0.2, 0.25) is 0 Å². The molecule has 1 saturated heterocycles. The number of benzene rings is 2. The van der Waals surface area contributed by atoms with Crippen LogP contribution in [0.5, 0.6) is 5.75 Å². The molecular weight excluding hydrogens is 382 g/mol. The number of hydroxylamine groups is 2. The third-order valence-corrected chi connectivity index (χ3v) is 6.05. The van der Waals surface area contributed by atoms with Gasteiger partial charge in [0.05, 0.1) is 11.5 Å². The van der Waals surface area contributed by atoms with E-state index >= 15 is 0 Å². The molecule has 155 valence electrons. The SMILES string of the molecule is CC1(C)CC(C(=O)Oc2cccc3c2C(=O)c2ccccc2C3=O)CC(C)(C)N1[O]. The van der Waals surface area contributed by atoms with Gasteiger partial charge in [0.2, 0.25) is 0 Å². The van der Waals surface area contributed by atoms with Crippen molar-refractivity contribution in [3.8, 4) is 5.75 Å². The first-order valence-electron chi connectivity index (χ1n) is 10.0. The lowest BCUT2D eigenvalue weighted by molar-refractivity contribution is -0.293. The van der Waals surface area contributed by atoms with E-state index in [1.807, 2.05) is 27.7 Å². The number of rotatable bonds is 2. The van der Waals surface area contributed by atoms with Crippen LogP contribution < -0.4 is 4.74 Å². The molecule has 6 nitrogen and oxygen atoms in total. The van der Waals surface area contributed by atoms with E-state index in [0.29, 0.717) is 24.0 Å². The van der Waals surface area contributed by atoms with Crippen LogP contribution in [0, 0.1) is 5.92 Å². The number of carbonyl (C=O) groups is 3. The Morgan fingerprint density at radius 1 is 0.867 bits per heavy atom. The molecule has 30 heavy (non-hydrogen) atoms. The molecule has 0 aromatic heterocycles. The molecule has 1 aliphatic carbocycles. The minimum absolute atomic E-state index is 0.0884. The molecule has 0 bridgehead atoms. The Morgan fingerprint density at radius 3 is 2.00 bits per heavy atom. The van der Waals surface area contributed by atoms with Crippen LogP contribution in [0.3, 0.4) is 0 Å². The van der Waals surface area contributed by atoms with E-state index in [1.54, 1.807) is 36.4 Å². The zero-order valence-corrected chi connectivity index (χ0v) is 17.5. The van der Waals surface area contributed by atoms with Gasteiger partial charge in [0.25, 0.3) is 0 Å². The van der Waals surface area contributed by atoms with Gasteiger partial charge in [-0.2, -0.15) is 0 Å². The number of piperidine rings is 1. The van der Waals surface area contributed by atoms with Gasteiger partial charge >= 0.3 is 5.97 Å². The van der Waals surface area contributed by atoms with Gasteiger partial charge in [-0.3, -0.25) is 14.4 Å². The fraction of sp³-hybridized carbons (Fsp3) is 0.375. The molecule has 0 N–H and O–H groups in total. The van der Waals surface area contributed by atoms with Gasteiger partial charge in [0.15, 0.2) is 11.6 Å². The summed E-state index contributed by atoms with van der Waals surface area (Å²) in [6.07, 6.45) is 0.701. The normalized spacial score (nSPS) is 20.4. The maximum absolute atomic E-state index is 13.1. The van der Waals surface area contributed by atoms with Crippen molar-refractivity contribution in [3.63, 3.8) is 0 Å². The highest BCUT2D eigenvalue weighted by Gasteiger charge is 2.49. The summed E-state index contributed by atoms with van der Waals surface area (Å²) in [5.41, 5.74) is -0.419. The van der Waals surface area contributed by atoms with Crippen molar-refractivity contribution >= 4 is 17.5 Å². The molecule has 1 fully saturated rings. The van der Waals surface area contributed by atoms with Crippen molar-refractivity contribution in [2.45, 2.75) is 51.6 Å². The third-order valence-electron chi connectivity index (χ3n) is 6.05. The summed E-state index contributed by atoms with van der Waals surface area (Å²) < 4.78 is 5.68. The molecule has 1 heterocycles. The first-order valence-corrected chi connectivity index (χ1v) is 10.0. The van der Waals surface area contributed by atoms with Gasteiger partial charge in [-0.05, 0) is 46.6 Å². The zero-order valence-electron chi connectivity index (χ0n) is 17.5. The molecule has 6 heteroatoms. The molecule has 0 amide bonds. The quantitative estimate of drug-likeness (QED) is 0.475. The monoisotopic (exact) mass is 406 g/mol. The molecule has 2 aliphatic rings. The number of hydrogen-bond donors (Lipinski definition) is 0. The second kappa shape index (κ2) is 6.86. The van der Waals surface area contributed by atoms with Gasteiger partial charge < -0.3 is 4.74 Å². The smallest absolute Gasteiger partial charge is 0.314 e. The van der Waals surface area contributed by atoms with Crippen molar-refractivity contribution in [1.29, 1.82) is 0 Å². The molecular formula is C24H24NO5. The van der Waals surface area contributed by atoms with E-state index in [4.69, 9.17) is 4.74 Å². The summed E-state index contributed by atoms with van der Waals surface area (Å²) in [5, 5.41) is 13.6. The second-order valence-corrected chi connectivity index (χ2v) is 9.33. The first kappa shape index (κ1) is 20.4. The lowest BCUT2D eigenvalue weighted by Crippen LogP contribution is -2.59. The van der Waals surface area contributed by atoms with Crippen LogP contribution in [0.25, 0.3) is 0 Å². The molecule has 0 spiro atoms. The van der Waals surface area contributed by atoms with Crippen molar-refractivity contribution in [1.82, 2.24) is 5.06 Å². The summed E-state index contributed by atoms with van der Waals surface area (Å²) >= 11 is 0. The second-order valence-electron chi connectivity index (χ2n) is 9.33. The molecule has 0 atom stereocenters.